The molecule has 1 fully saturated rings. The van der Waals surface area contributed by atoms with E-state index in [1.54, 1.807) is 48.5 Å². The zero-order chi connectivity index (χ0) is 24.6. The molecule has 2 bridgehead atoms. The molecule has 0 spiro atoms. The van der Waals surface area contributed by atoms with Gasteiger partial charge >= 0.3 is 0 Å². The number of carbonyl (C=O) groups is 2. The van der Waals surface area contributed by atoms with Crippen molar-refractivity contribution >= 4 is 45.0 Å². The van der Waals surface area contributed by atoms with Gasteiger partial charge in [-0.25, -0.2) is 4.90 Å². The second-order valence-electron chi connectivity index (χ2n) is 9.43. The summed E-state index contributed by atoms with van der Waals surface area (Å²) in [6.07, 6.45) is 0. The summed E-state index contributed by atoms with van der Waals surface area (Å²) in [5.74, 6) is -0.224. The highest BCUT2D eigenvalue weighted by atomic mass is 79.9. The number of rotatable bonds is 3. The number of amides is 2. The minimum Gasteiger partial charge on any atom is -0.457 e. The first-order valence-corrected chi connectivity index (χ1v) is 12.9. The molecule has 4 aromatic rings. The average molecular weight is 557 g/mol. The van der Waals surface area contributed by atoms with Crippen LogP contribution < -0.4 is 9.64 Å². The summed E-state index contributed by atoms with van der Waals surface area (Å²) >= 11 is 9.98. The third-order valence-electron chi connectivity index (χ3n) is 7.66. The van der Waals surface area contributed by atoms with E-state index in [0.717, 1.165) is 22.3 Å². The van der Waals surface area contributed by atoms with E-state index in [-0.39, 0.29) is 17.7 Å². The van der Waals surface area contributed by atoms with E-state index in [2.05, 4.69) is 40.2 Å². The third kappa shape index (κ3) is 2.87. The van der Waals surface area contributed by atoms with Crippen molar-refractivity contribution in [2.75, 3.05) is 4.90 Å². The summed E-state index contributed by atoms with van der Waals surface area (Å²) in [6, 6.07) is 30.5. The molecule has 176 valence electrons. The normalized spacial score (nSPS) is 25.4. The Balaban J connectivity index is 1.28. The van der Waals surface area contributed by atoms with Gasteiger partial charge < -0.3 is 4.74 Å². The highest BCUT2D eigenvalue weighted by molar-refractivity contribution is 9.09. The van der Waals surface area contributed by atoms with Crippen molar-refractivity contribution in [2.45, 2.75) is 10.2 Å². The minimum absolute atomic E-state index is 0.157. The van der Waals surface area contributed by atoms with Crippen molar-refractivity contribution < 1.29 is 14.3 Å². The lowest BCUT2D eigenvalue weighted by Crippen LogP contribution is -2.50. The molecule has 0 unspecified atom stereocenters. The smallest absolute Gasteiger partial charge is 0.239 e. The van der Waals surface area contributed by atoms with Crippen LogP contribution in [0.2, 0.25) is 5.02 Å². The van der Waals surface area contributed by atoms with Gasteiger partial charge in [-0.1, -0.05) is 76.1 Å². The molecular weight excluding hydrogens is 538 g/mol. The van der Waals surface area contributed by atoms with Gasteiger partial charge in [0, 0.05) is 10.9 Å². The molecule has 1 aliphatic heterocycles. The number of anilines is 1. The molecule has 2 atom stereocenters. The number of imide groups is 1. The van der Waals surface area contributed by atoms with Crippen LogP contribution in [-0.2, 0) is 13.9 Å². The highest BCUT2D eigenvalue weighted by Crippen LogP contribution is 2.66. The molecular formula is C30H19BrClNO3. The molecule has 4 aromatic carbocycles. The first-order chi connectivity index (χ1) is 17.5. The van der Waals surface area contributed by atoms with E-state index < -0.39 is 16.2 Å². The Morgan fingerprint density at radius 2 is 1.25 bits per heavy atom. The van der Waals surface area contributed by atoms with Crippen LogP contribution in [0.1, 0.15) is 28.2 Å². The number of carbonyl (C=O) groups excluding carboxylic acids is 2. The van der Waals surface area contributed by atoms with E-state index in [9.17, 15) is 9.59 Å². The van der Waals surface area contributed by atoms with Crippen LogP contribution in [0.4, 0.5) is 5.69 Å². The van der Waals surface area contributed by atoms with Crippen molar-refractivity contribution in [3.63, 3.8) is 0 Å². The summed E-state index contributed by atoms with van der Waals surface area (Å²) in [5.41, 5.74) is 4.92. The Labute approximate surface area is 221 Å². The van der Waals surface area contributed by atoms with Crippen LogP contribution >= 0.6 is 27.5 Å². The van der Waals surface area contributed by atoms with Gasteiger partial charge in [-0.3, -0.25) is 9.59 Å². The van der Waals surface area contributed by atoms with Crippen molar-refractivity contribution in [3.8, 4) is 11.5 Å². The molecule has 0 N–H and O–H groups in total. The second kappa shape index (κ2) is 7.79. The van der Waals surface area contributed by atoms with Crippen LogP contribution in [0.5, 0.6) is 11.5 Å². The molecule has 2 amide bonds. The first kappa shape index (κ1) is 21.8. The number of ether oxygens (including phenoxy) is 1. The average Bonchev–Trinajstić information content (AvgIpc) is 3.17. The molecule has 4 aliphatic rings. The third-order valence-corrected chi connectivity index (χ3v) is 9.26. The first-order valence-electron chi connectivity index (χ1n) is 11.8. The van der Waals surface area contributed by atoms with E-state index in [1.165, 1.54) is 4.90 Å². The molecule has 36 heavy (non-hydrogen) atoms. The van der Waals surface area contributed by atoms with Gasteiger partial charge in [0.2, 0.25) is 11.8 Å². The maximum Gasteiger partial charge on any atom is 0.239 e. The molecule has 0 saturated carbocycles. The monoisotopic (exact) mass is 555 g/mol. The topological polar surface area (TPSA) is 46.6 Å². The van der Waals surface area contributed by atoms with Gasteiger partial charge in [0.25, 0.3) is 0 Å². The molecule has 3 aliphatic carbocycles. The van der Waals surface area contributed by atoms with E-state index in [4.69, 9.17) is 16.3 Å². The van der Waals surface area contributed by atoms with Crippen molar-refractivity contribution in [3.05, 3.63) is 124 Å². The highest BCUT2D eigenvalue weighted by Gasteiger charge is 2.67. The Bertz CT molecular complexity index is 1500. The zero-order valence-electron chi connectivity index (χ0n) is 18.9. The quantitative estimate of drug-likeness (QED) is 0.201. The molecule has 4 nitrogen and oxygen atoms in total. The molecule has 1 heterocycles. The SMILES string of the molecule is O=C1[C@H]2C3c4ccccc4C(Br)(c4ccccc43)[C@H]2C(=O)N1c1ccc(Oc2ccc(Cl)cc2)cc1. The summed E-state index contributed by atoms with van der Waals surface area (Å²) in [6.45, 7) is 0. The van der Waals surface area contributed by atoms with Gasteiger partial charge in [-0.05, 0) is 70.8 Å². The van der Waals surface area contributed by atoms with Crippen LogP contribution in [0, 0.1) is 11.8 Å². The number of nitrogens with zero attached hydrogens (tertiary/aromatic N) is 1. The number of benzene rings is 4. The number of halogens is 2. The van der Waals surface area contributed by atoms with Crippen LogP contribution in [0.15, 0.2) is 97.1 Å². The molecule has 0 aromatic heterocycles. The fourth-order valence-electron chi connectivity index (χ4n) is 6.24. The van der Waals surface area contributed by atoms with Gasteiger partial charge in [0.15, 0.2) is 0 Å². The molecule has 6 heteroatoms. The van der Waals surface area contributed by atoms with E-state index >= 15 is 0 Å². The zero-order valence-corrected chi connectivity index (χ0v) is 21.2. The van der Waals surface area contributed by atoms with E-state index in [1.807, 2.05) is 24.3 Å². The summed E-state index contributed by atoms with van der Waals surface area (Å²) < 4.78 is 5.14. The Morgan fingerprint density at radius 1 is 0.722 bits per heavy atom. The van der Waals surface area contributed by atoms with Crippen LogP contribution in [-0.4, -0.2) is 11.8 Å². The summed E-state index contributed by atoms with van der Waals surface area (Å²) in [5, 5.41) is 0.632. The largest absolute Gasteiger partial charge is 0.457 e. The molecule has 0 radical (unpaired) electrons. The Morgan fingerprint density at radius 3 is 1.83 bits per heavy atom. The fraction of sp³-hybridized carbons (Fsp3) is 0.133. The number of alkyl halides is 1. The summed E-state index contributed by atoms with van der Waals surface area (Å²) in [7, 11) is 0. The van der Waals surface area contributed by atoms with Gasteiger partial charge in [-0.15, -0.1) is 0 Å². The van der Waals surface area contributed by atoms with Gasteiger partial charge in [-0.2, -0.15) is 0 Å². The van der Waals surface area contributed by atoms with Gasteiger partial charge in [0.1, 0.15) is 11.5 Å². The summed E-state index contributed by atoms with van der Waals surface area (Å²) in [4.78, 5) is 29.3. The number of hydrogen-bond donors (Lipinski definition) is 0. The fourth-order valence-corrected chi connectivity index (χ4v) is 7.56. The van der Waals surface area contributed by atoms with Crippen LogP contribution in [0.25, 0.3) is 0 Å². The number of hydrogen-bond acceptors (Lipinski definition) is 3. The van der Waals surface area contributed by atoms with Crippen molar-refractivity contribution in [1.29, 1.82) is 0 Å². The minimum atomic E-state index is -0.751. The molecule has 8 rings (SSSR count). The van der Waals surface area contributed by atoms with Crippen molar-refractivity contribution in [1.82, 2.24) is 0 Å². The maximum atomic E-state index is 14.0. The lowest BCUT2D eigenvalue weighted by molar-refractivity contribution is -0.122. The van der Waals surface area contributed by atoms with Gasteiger partial charge in [0.05, 0.1) is 21.8 Å². The second-order valence-corrected chi connectivity index (χ2v) is 11.1. The lowest BCUT2D eigenvalue weighted by Gasteiger charge is -2.51. The maximum absolute atomic E-state index is 14.0. The van der Waals surface area contributed by atoms with Crippen molar-refractivity contribution in [2.24, 2.45) is 11.8 Å². The molecule has 1 saturated heterocycles. The van der Waals surface area contributed by atoms with Crippen LogP contribution in [0.3, 0.4) is 0 Å². The standard InChI is InChI=1S/C30H19BrClNO3/c31-30-23-7-3-1-5-21(23)25(22-6-2-4-8-24(22)30)26-27(30)29(35)33(28(26)34)18-11-15-20(16-12-18)36-19-13-9-17(32)10-14-19/h1-16,25-27H/t25?,26-,27+,30?/m0/s1. The Hall–Kier alpha value is -3.41. The lowest BCUT2D eigenvalue weighted by atomic mass is 9.55. The predicted molar refractivity (Wildman–Crippen MR) is 142 cm³/mol. The predicted octanol–water partition coefficient (Wildman–Crippen LogP) is 7.04. The van der Waals surface area contributed by atoms with E-state index in [0.29, 0.717) is 22.2 Å². The Kier molecular flexibility index (Phi) is 4.73.